The van der Waals surface area contributed by atoms with Gasteiger partial charge in [-0.1, -0.05) is 12.1 Å². The monoisotopic (exact) mass is 397 g/mol. The maximum Gasteiger partial charge on any atom is 0.315 e. The number of anilines is 1. The van der Waals surface area contributed by atoms with Gasteiger partial charge in [0.2, 0.25) is 0 Å². The highest BCUT2D eigenvalue weighted by Gasteiger charge is 2.25. The van der Waals surface area contributed by atoms with Crippen LogP contribution in [0.2, 0.25) is 0 Å². The maximum absolute atomic E-state index is 13.0. The lowest BCUT2D eigenvalue weighted by Gasteiger charge is -2.35. The fourth-order valence-electron chi connectivity index (χ4n) is 4.21. The van der Waals surface area contributed by atoms with E-state index in [0.29, 0.717) is 6.54 Å². The fourth-order valence-corrected chi connectivity index (χ4v) is 4.21. The average Bonchev–Trinajstić information content (AvgIpc) is 2.73. The molecular formula is C22H28FN5O. The molecule has 0 unspecified atom stereocenters. The van der Waals surface area contributed by atoms with Gasteiger partial charge in [0, 0.05) is 36.9 Å². The van der Waals surface area contributed by atoms with E-state index in [1.807, 2.05) is 6.92 Å². The third-order valence-electron chi connectivity index (χ3n) is 5.77. The van der Waals surface area contributed by atoms with Gasteiger partial charge in [-0.3, -0.25) is 0 Å². The van der Waals surface area contributed by atoms with Gasteiger partial charge in [-0.05, 0) is 63.1 Å². The predicted octanol–water partition coefficient (Wildman–Crippen LogP) is 3.27. The number of aromatic nitrogens is 2. The first-order valence-corrected chi connectivity index (χ1v) is 10.5. The van der Waals surface area contributed by atoms with Crippen LogP contribution in [0.15, 0.2) is 24.3 Å². The van der Waals surface area contributed by atoms with E-state index in [2.05, 4.69) is 20.5 Å². The van der Waals surface area contributed by atoms with Gasteiger partial charge < -0.3 is 15.5 Å². The Balaban J connectivity index is 1.29. The summed E-state index contributed by atoms with van der Waals surface area (Å²) in [6.07, 6.45) is 6.32. The number of halogens is 1. The summed E-state index contributed by atoms with van der Waals surface area (Å²) >= 11 is 0. The van der Waals surface area contributed by atoms with E-state index < -0.39 is 0 Å². The number of hydrogen-bond donors (Lipinski definition) is 2. The van der Waals surface area contributed by atoms with E-state index in [1.165, 1.54) is 36.2 Å². The summed E-state index contributed by atoms with van der Waals surface area (Å²) in [6, 6.07) is 6.13. The molecule has 6 nitrogen and oxygen atoms in total. The fraction of sp³-hybridized carbons (Fsp3) is 0.500. The van der Waals surface area contributed by atoms with Gasteiger partial charge in [0.1, 0.15) is 17.5 Å². The smallest absolute Gasteiger partial charge is 0.315 e. The molecule has 29 heavy (non-hydrogen) atoms. The zero-order valence-electron chi connectivity index (χ0n) is 16.9. The van der Waals surface area contributed by atoms with Gasteiger partial charge >= 0.3 is 6.03 Å². The molecule has 7 heteroatoms. The van der Waals surface area contributed by atoms with Crippen molar-refractivity contribution in [3.63, 3.8) is 0 Å². The zero-order chi connectivity index (χ0) is 20.2. The molecule has 0 spiro atoms. The second-order valence-electron chi connectivity index (χ2n) is 7.94. The number of fused-ring (bicyclic) bond motifs is 1. The van der Waals surface area contributed by atoms with E-state index >= 15 is 0 Å². The van der Waals surface area contributed by atoms with Crippen LogP contribution in [0.1, 0.15) is 48.3 Å². The first kappa shape index (κ1) is 19.6. The lowest BCUT2D eigenvalue weighted by atomic mass is 9.95. The Kier molecular flexibility index (Phi) is 5.92. The quantitative estimate of drug-likeness (QED) is 0.831. The number of carbonyl (C=O) groups is 1. The van der Waals surface area contributed by atoms with Gasteiger partial charge in [-0.15, -0.1) is 0 Å². The minimum absolute atomic E-state index is 0.151. The summed E-state index contributed by atoms with van der Waals surface area (Å²) in [6.45, 7) is 4.12. The summed E-state index contributed by atoms with van der Waals surface area (Å²) in [5, 5.41) is 5.91. The number of urea groups is 1. The van der Waals surface area contributed by atoms with Gasteiger partial charge in [0.25, 0.3) is 0 Å². The van der Waals surface area contributed by atoms with E-state index in [-0.39, 0.29) is 17.9 Å². The average molecular weight is 397 g/mol. The first-order chi connectivity index (χ1) is 14.1. The molecule has 0 atom stereocenters. The molecule has 2 aliphatic rings. The Labute approximate surface area is 170 Å². The zero-order valence-corrected chi connectivity index (χ0v) is 16.9. The Morgan fingerprint density at radius 2 is 1.86 bits per heavy atom. The van der Waals surface area contributed by atoms with Crippen molar-refractivity contribution in [3.8, 4) is 0 Å². The Morgan fingerprint density at radius 1 is 1.14 bits per heavy atom. The molecular weight excluding hydrogens is 369 g/mol. The van der Waals surface area contributed by atoms with Crippen LogP contribution in [0.4, 0.5) is 15.0 Å². The predicted molar refractivity (Wildman–Crippen MR) is 110 cm³/mol. The molecule has 1 aliphatic heterocycles. The largest absolute Gasteiger partial charge is 0.356 e. The standard InChI is InChI=1S/C22H28FN5O/c1-15-25-20-5-3-2-4-19(20)21(26-15)28-12-10-18(11-13-28)27-22(29)24-14-16-6-8-17(23)9-7-16/h6-9,18H,2-5,10-14H2,1H3,(H2,24,27,29). The molecule has 154 valence electrons. The summed E-state index contributed by atoms with van der Waals surface area (Å²) in [7, 11) is 0. The van der Waals surface area contributed by atoms with Crippen molar-refractivity contribution in [2.24, 2.45) is 0 Å². The molecule has 1 aliphatic carbocycles. The highest BCUT2D eigenvalue weighted by molar-refractivity contribution is 5.74. The topological polar surface area (TPSA) is 70.2 Å². The number of carbonyl (C=O) groups excluding carboxylic acids is 1. The third kappa shape index (κ3) is 4.83. The van der Waals surface area contributed by atoms with Crippen molar-refractivity contribution < 1.29 is 9.18 Å². The number of amides is 2. The highest BCUT2D eigenvalue weighted by atomic mass is 19.1. The number of nitrogens with zero attached hydrogens (tertiary/aromatic N) is 3. The number of nitrogens with one attached hydrogen (secondary N) is 2. The lowest BCUT2D eigenvalue weighted by molar-refractivity contribution is 0.234. The molecule has 0 saturated carbocycles. The number of aryl methyl sites for hydroxylation is 2. The summed E-state index contributed by atoms with van der Waals surface area (Å²) in [5.74, 6) is 1.68. The molecule has 2 heterocycles. The number of hydrogen-bond acceptors (Lipinski definition) is 4. The third-order valence-corrected chi connectivity index (χ3v) is 5.77. The number of rotatable bonds is 4. The summed E-state index contributed by atoms with van der Waals surface area (Å²) in [5.41, 5.74) is 3.42. The summed E-state index contributed by atoms with van der Waals surface area (Å²) < 4.78 is 13.0. The SMILES string of the molecule is Cc1nc2c(c(N3CCC(NC(=O)NCc4ccc(F)cc4)CC3)n1)CCCC2. The second kappa shape index (κ2) is 8.76. The van der Waals surface area contributed by atoms with Crippen molar-refractivity contribution >= 4 is 11.8 Å². The van der Waals surface area contributed by atoms with Crippen molar-refractivity contribution in [2.75, 3.05) is 18.0 Å². The normalized spacial score (nSPS) is 17.0. The first-order valence-electron chi connectivity index (χ1n) is 10.5. The van der Waals surface area contributed by atoms with Gasteiger partial charge in [0.05, 0.1) is 0 Å². The Morgan fingerprint density at radius 3 is 2.62 bits per heavy atom. The van der Waals surface area contributed by atoms with E-state index in [9.17, 15) is 9.18 Å². The van der Waals surface area contributed by atoms with Crippen molar-refractivity contribution in [3.05, 3.63) is 52.7 Å². The number of piperidine rings is 1. The second-order valence-corrected chi connectivity index (χ2v) is 7.94. The molecule has 4 rings (SSSR count). The molecule has 1 saturated heterocycles. The molecule has 0 radical (unpaired) electrons. The van der Waals surface area contributed by atoms with E-state index in [4.69, 9.17) is 4.98 Å². The van der Waals surface area contributed by atoms with Crippen LogP contribution in [0.5, 0.6) is 0 Å². The minimum atomic E-state index is -0.273. The van der Waals surface area contributed by atoms with Gasteiger partial charge in [-0.2, -0.15) is 0 Å². The minimum Gasteiger partial charge on any atom is -0.356 e. The van der Waals surface area contributed by atoms with Crippen molar-refractivity contribution in [1.82, 2.24) is 20.6 Å². The highest BCUT2D eigenvalue weighted by Crippen LogP contribution is 2.29. The van der Waals surface area contributed by atoms with Crippen LogP contribution in [0.25, 0.3) is 0 Å². The summed E-state index contributed by atoms with van der Waals surface area (Å²) in [4.78, 5) is 24.0. The van der Waals surface area contributed by atoms with Crippen LogP contribution >= 0.6 is 0 Å². The van der Waals surface area contributed by atoms with Crippen LogP contribution in [-0.2, 0) is 19.4 Å². The Hall–Kier alpha value is -2.70. The van der Waals surface area contributed by atoms with Gasteiger partial charge in [0.15, 0.2) is 0 Å². The van der Waals surface area contributed by atoms with Crippen LogP contribution in [-0.4, -0.2) is 35.1 Å². The van der Waals surface area contributed by atoms with Crippen LogP contribution in [0, 0.1) is 12.7 Å². The number of benzene rings is 1. The molecule has 2 N–H and O–H groups in total. The van der Waals surface area contributed by atoms with Crippen LogP contribution in [0.3, 0.4) is 0 Å². The molecule has 1 aromatic carbocycles. The van der Waals surface area contributed by atoms with Crippen molar-refractivity contribution in [2.45, 2.75) is 58.0 Å². The maximum atomic E-state index is 13.0. The van der Waals surface area contributed by atoms with Crippen molar-refractivity contribution in [1.29, 1.82) is 0 Å². The molecule has 0 bridgehead atoms. The molecule has 1 fully saturated rings. The Bertz CT molecular complexity index is 862. The lowest BCUT2D eigenvalue weighted by Crippen LogP contribution is -2.48. The molecule has 1 aromatic heterocycles. The molecule has 2 amide bonds. The van der Waals surface area contributed by atoms with Crippen LogP contribution < -0.4 is 15.5 Å². The molecule has 2 aromatic rings. The van der Waals surface area contributed by atoms with E-state index in [1.54, 1.807) is 12.1 Å². The van der Waals surface area contributed by atoms with Gasteiger partial charge in [-0.25, -0.2) is 19.2 Å². The van der Waals surface area contributed by atoms with E-state index in [0.717, 1.165) is 56.0 Å².